The first-order valence-electron chi connectivity index (χ1n) is 10.2. The monoisotopic (exact) mass is 392 g/mol. The van der Waals surface area contributed by atoms with Crippen molar-refractivity contribution in [2.75, 3.05) is 0 Å². The van der Waals surface area contributed by atoms with Gasteiger partial charge in [-0.2, -0.15) is 5.10 Å². The van der Waals surface area contributed by atoms with Gasteiger partial charge in [-0.3, -0.25) is 14.5 Å². The van der Waals surface area contributed by atoms with Crippen LogP contribution in [0, 0.1) is 0 Å². The van der Waals surface area contributed by atoms with Gasteiger partial charge in [0.1, 0.15) is 0 Å². The second-order valence-corrected chi connectivity index (χ2v) is 8.04. The SMILES string of the molecule is Cn1cc(-c2cccc3ccn([C@@H]4C[C@H]4c4ccc5ccccc5n4)c(=O)c23)cn1. The van der Waals surface area contributed by atoms with Gasteiger partial charge in [0, 0.05) is 48.0 Å². The Hall–Kier alpha value is -3.73. The molecule has 146 valence electrons. The zero-order chi connectivity index (χ0) is 20.2. The lowest BCUT2D eigenvalue weighted by Crippen LogP contribution is -2.19. The van der Waals surface area contributed by atoms with Gasteiger partial charge >= 0.3 is 0 Å². The summed E-state index contributed by atoms with van der Waals surface area (Å²) in [6.07, 6.45) is 6.63. The molecule has 0 saturated heterocycles. The van der Waals surface area contributed by atoms with Crippen molar-refractivity contribution in [2.45, 2.75) is 18.4 Å². The number of rotatable bonds is 3. The Morgan fingerprint density at radius 2 is 1.83 bits per heavy atom. The molecule has 0 amide bonds. The third-order valence-corrected chi connectivity index (χ3v) is 6.09. The predicted molar refractivity (Wildman–Crippen MR) is 119 cm³/mol. The lowest BCUT2D eigenvalue weighted by atomic mass is 10.0. The van der Waals surface area contributed by atoms with Crippen molar-refractivity contribution in [3.63, 3.8) is 0 Å². The van der Waals surface area contributed by atoms with Crippen LogP contribution in [0.2, 0.25) is 0 Å². The predicted octanol–water partition coefficient (Wildman–Crippen LogP) is 4.68. The van der Waals surface area contributed by atoms with Crippen LogP contribution in [-0.4, -0.2) is 19.3 Å². The molecule has 5 heteroatoms. The van der Waals surface area contributed by atoms with Gasteiger partial charge in [-0.15, -0.1) is 0 Å². The summed E-state index contributed by atoms with van der Waals surface area (Å²) >= 11 is 0. The summed E-state index contributed by atoms with van der Waals surface area (Å²) < 4.78 is 3.65. The Morgan fingerprint density at radius 3 is 2.70 bits per heavy atom. The molecule has 5 aromatic rings. The average molecular weight is 392 g/mol. The van der Waals surface area contributed by atoms with Crippen molar-refractivity contribution in [1.82, 2.24) is 19.3 Å². The number of hydrogen-bond donors (Lipinski definition) is 0. The molecule has 0 aliphatic heterocycles. The fraction of sp³-hybridized carbons (Fsp3) is 0.160. The molecule has 0 spiro atoms. The van der Waals surface area contributed by atoms with Crippen molar-refractivity contribution in [1.29, 1.82) is 0 Å². The number of fused-ring (bicyclic) bond motifs is 2. The van der Waals surface area contributed by atoms with Crippen LogP contribution in [0.4, 0.5) is 0 Å². The zero-order valence-electron chi connectivity index (χ0n) is 16.6. The van der Waals surface area contributed by atoms with Gasteiger partial charge in [0.2, 0.25) is 0 Å². The van der Waals surface area contributed by atoms with Crippen LogP contribution in [-0.2, 0) is 7.05 Å². The van der Waals surface area contributed by atoms with Crippen LogP contribution in [0.5, 0.6) is 0 Å². The fourth-order valence-electron chi connectivity index (χ4n) is 4.46. The van der Waals surface area contributed by atoms with Crippen molar-refractivity contribution in [3.05, 3.63) is 95.3 Å². The number of aromatic nitrogens is 4. The summed E-state index contributed by atoms with van der Waals surface area (Å²) in [6.45, 7) is 0. The van der Waals surface area contributed by atoms with Gasteiger partial charge in [-0.1, -0.05) is 42.5 Å². The summed E-state index contributed by atoms with van der Waals surface area (Å²) in [5.74, 6) is 0.273. The second kappa shape index (κ2) is 6.39. The highest BCUT2D eigenvalue weighted by molar-refractivity contribution is 5.95. The average Bonchev–Trinajstić information content (AvgIpc) is 3.45. The van der Waals surface area contributed by atoms with E-state index in [0.29, 0.717) is 0 Å². The van der Waals surface area contributed by atoms with Gasteiger partial charge in [0.15, 0.2) is 0 Å². The third kappa shape index (κ3) is 2.66. The summed E-state index contributed by atoms with van der Waals surface area (Å²) in [4.78, 5) is 18.4. The number of para-hydroxylation sites is 1. The van der Waals surface area contributed by atoms with E-state index in [0.717, 1.165) is 44.9 Å². The maximum Gasteiger partial charge on any atom is 0.259 e. The molecule has 1 fully saturated rings. The highest BCUT2D eigenvalue weighted by Gasteiger charge is 2.41. The number of nitrogens with zero attached hydrogens (tertiary/aromatic N) is 4. The molecule has 2 aromatic carbocycles. The van der Waals surface area contributed by atoms with Crippen molar-refractivity contribution >= 4 is 21.7 Å². The van der Waals surface area contributed by atoms with Crippen LogP contribution in [0.3, 0.4) is 0 Å². The van der Waals surface area contributed by atoms with E-state index in [4.69, 9.17) is 4.98 Å². The molecule has 1 saturated carbocycles. The van der Waals surface area contributed by atoms with Gasteiger partial charge < -0.3 is 4.57 Å². The molecular formula is C25H20N4O. The Balaban J connectivity index is 1.43. The number of aryl methyl sites for hydroxylation is 1. The maximum absolute atomic E-state index is 13.5. The lowest BCUT2D eigenvalue weighted by molar-refractivity contribution is 0.688. The van der Waals surface area contributed by atoms with E-state index in [2.05, 4.69) is 23.3 Å². The highest BCUT2D eigenvalue weighted by atomic mass is 16.1. The molecule has 6 rings (SSSR count). The van der Waals surface area contributed by atoms with Crippen LogP contribution < -0.4 is 5.56 Å². The summed E-state index contributed by atoms with van der Waals surface area (Å²) in [7, 11) is 1.89. The van der Waals surface area contributed by atoms with E-state index < -0.39 is 0 Å². The van der Waals surface area contributed by atoms with Gasteiger partial charge in [0.25, 0.3) is 5.56 Å². The standard InChI is InChI=1S/C25H20N4O/c1-28-15-18(14-26-28)19-7-4-6-17-11-12-29(25(30)24(17)19)23-13-20(23)22-10-9-16-5-2-3-8-21(16)27-22/h2-12,14-15,20,23H,13H2,1H3/t20-,23+/m0/s1. The molecule has 0 unspecified atom stereocenters. The summed E-state index contributed by atoms with van der Waals surface area (Å²) in [6, 6.07) is 20.6. The number of hydrogen-bond acceptors (Lipinski definition) is 3. The highest BCUT2D eigenvalue weighted by Crippen LogP contribution is 2.50. The first-order valence-corrected chi connectivity index (χ1v) is 10.2. The minimum Gasteiger partial charge on any atom is -0.311 e. The smallest absolute Gasteiger partial charge is 0.259 e. The molecule has 0 bridgehead atoms. The van der Waals surface area contributed by atoms with Crippen LogP contribution in [0.25, 0.3) is 32.8 Å². The number of benzene rings is 2. The molecule has 3 aromatic heterocycles. The number of pyridine rings is 2. The van der Waals surface area contributed by atoms with E-state index in [-0.39, 0.29) is 17.5 Å². The molecule has 2 atom stereocenters. The van der Waals surface area contributed by atoms with Gasteiger partial charge in [-0.25, -0.2) is 0 Å². The molecule has 3 heterocycles. The summed E-state index contributed by atoms with van der Waals surface area (Å²) in [5, 5.41) is 7.13. The van der Waals surface area contributed by atoms with E-state index in [1.165, 1.54) is 0 Å². The van der Waals surface area contributed by atoms with Crippen molar-refractivity contribution in [3.8, 4) is 11.1 Å². The fourth-order valence-corrected chi connectivity index (χ4v) is 4.46. The normalized spacial score (nSPS) is 18.2. The van der Waals surface area contributed by atoms with Crippen molar-refractivity contribution < 1.29 is 0 Å². The van der Waals surface area contributed by atoms with Gasteiger partial charge in [-0.05, 0) is 35.6 Å². The van der Waals surface area contributed by atoms with Crippen LogP contribution in [0.1, 0.15) is 24.1 Å². The van der Waals surface area contributed by atoms with E-state index in [1.54, 1.807) is 4.68 Å². The first-order chi connectivity index (χ1) is 14.7. The molecule has 30 heavy (non-hydrogen) atoms. The van der Waals surface area contributed by atoms with Crippen LogP contribution >= 0.6 is 0 Å². The maximum atomic E-state index is 13.5. The van der Waals surface area contributed by atoms with E-state index >= 15 is 0 Å². The Labute approximate surface area is 173 Å². The van der Waals surface area contributed by atoms with Gasteiger partial charge in [0.05, 0.1) is 17.1 Å². The minimum atomic E-state index is 0.0558. The Morgan fingerprint density at radius 1 is 0.967 bits per heavy atom. The molecule has 5 nitrogen and oxygen atoms in total. The third-order valence-electron chi connectivity index (χ3n) is 6.09. The topological polar surface area (TPSA) is 52.7 Å². The molecule has 1 aliphatic carbocycles. The lowest BCUT2D eigenvalue weighted by Gasteiger charge is -2.10. The van der Waals surface area contributed by atoms with Crippen molar-refractivity contribution in [2.24, 2.45) is 7.05 Å². The van der Waals surface area contributed by atoms with E-state index in [1.807, 2.05) is 72.7 Å². The molecule has 0 radical (unpaired) electrons. The Kier molecular flexibility index (Phi) is 3.65. The second-order valence-electron chi connectivity index (χ2n) is 8.04. The first kappa shape index (κ1) is 17.2. The molecular weight excluding hydrogens is 372 g/mol. The zero-order valence-corrected chi connectivity index (χ0v) is 16.6. The largest absolute Gasteiger partial charge is 0.311 e. The minimum absolute atomic E-state index is 0.0558. The van der Waals surface area contributed by atoms with E-state index in [9.17, 15) is 4.79 Å². The van der Waals surface area contributed by atoms with Crippen LogP contribution in [0.15, 0.2) is 84.0 Å². The molecule has 0 N–H and O–H groups in total. The quantitative estimate of drug-likeness (QED) is 0.448. The molecule has 1 aliphatic rings. The Bertz CT molecular complexity index is 1480. The summed E-state index contributed by atoms with van der Waals surface area (Å²) in [5.41, 5.74) is 4.01.